The van der Waals surface area contributed by atoms with Crippen LogP contribution in [0.25, 0.3) is 10.1 Å². The van der Waals surface area contributed by atoms with Gasteiger partial charge in [0, 0.05) is 43.3 Å². The predicted octanol–water partition coefficient (Wildman–Crippen LogP) is 3.18. The quantitative estimate of drug-likeness (QED) is 0.731. The van der Waals surface area contributed by atoms with Crippen LogP contribution in [0.15, 0.2) is 24.3 Å². The minimum absolute atomic E-state index is 0.141. The van der Waals surface area contributed by atoms with Crippen molar-refractivity contribution in [2.45, 2.75) is 31.6 Å². The largest absolute Gasteiger partial charge is 0.378 e. The summed E-state index contributed by atoms with van der Waals surface area (Å²) < 4.78 is 6.62. The second-order valence-electron chi connectivity index (χ2n) is 8.91. The molecule has 1 atom stereocenters. The van der Waals surface area contributed by atoms with E-state index in [2.05, 4.69) is 23.1 Å². The number of benzene rings is 1. The molecule has 0 N–H and O–H groups in total. The van der Waals surface area contributed by atoms with Crippen molar-refractivity contribution in [3.8, 4) is 0 Å². The van der Waals surface area contributed by atoms with E-state index in [0.29, 0.717) is 38.8 Å². The number of nitrogens with zero attached hydrogens (tertiary/aromatic N) is 3. The van der Waals surface area contributed by atoms with E-state index in [0.717, 1.165) is 50.3 Å². The number of fused-ring (bicyclic) bond motifs is 1. The molecule has 3 saturated heterocycles. The molecule has 31 heavy (non-hydrogen) atoms. The number of hydrogen-bond donors (Lipinski definition) is 0. The first-order valence-electron chi connectivity index (χ1n) is 11.6. The average molecular weight is 442 g/mol. The summed E-state index contributed by atoms with van der Waals surface area (Å²) in [5, 5.41) is 1.21. The Labute approximate surface area is 187 Å². The molecule has 6 nitrogen and oxygen atoms in total. The van der Waals surface area contributed by atoms with E-state index in [1.807, 2.05) is 15.9 Å². The molecule has 2 amide bonds. The van der Waals surface area contributed by atoms with E-state index in [9.17, 15) is 9.59 Å². The van der Waals surface area contributed by atoms with Crippen molar-refractivity contribution < 1.29 is 14.3 Å². The summed E-state index contributed by atoms with van der Waals surface area (Å²) >= 11 is 1.62. The highest BCUT2D eigenvalue weighted by atomic mass is 32.1. The number of carbonyl (C=O) groups is 2. The fraction of sp³-hybridized carbons (Fsp3) is 0.583. The lowest BCUT2D eigenvalue weighted by Gasteiger charge is -2.28. The van der Waals surface area contributed by atoms with Gasteiger partial charge in [-0.15, -0.1) is 11.3 Å². The molecule has 3 aliphatic heterocycles. The summed E-state index contributed by atoms with van der Waals surface area (Å²) in [5.74, 6) is 0.702. The number of morpholine rings is 1. The Morgan fingerprint density at radius 1 is 0.968 bits per heavy atom. The fourth-order valence-electron chi connectivity index (χ4n) is 5.19. The maximum atomic E-state index is 13.4. The number of rotatable bonds is 4. The molecule has 0 saturated carbocycles. The second kappa shape index (κ2) is 9.27. The monoisotopic (exact) mass is 441 g/mol. The van der Waals surface area contributed by atoms with E-state index < -0.39 is 0 Å². The van der Waals surface area contributed by atoms with Gasteiger partial charge in [0.05, 0.1) is 24.6 Å². The Hall–Kier alpha value is -1.96. The van der Waals surface area contributed by atoms with Gasteiger partial charge in [0.25, 0.3) is 5.91 Å². The predicted molar refractivity (Wildman–Crippen MR) is 123 cm³/mol. The molecule has 1 aromatic carbocycles. The zero-order chi connectivity index (χ0) is 21.2. The lowest BCUT2D eigenvalue weighted by Crippen LogP contribution is -2.42. The number of amides is 2. The summed E-state index contributed by atoms with van der Waals surface area (Å²) in [4.78, 5) is 33.3. The van der Waals surface area contributed by atoms with E-state index >= 15 is 0 Å². The first kappa shape index (κ1) is 20.9. The van der Waals surface area contributed by atoms with Crippen molar-refractivity contribution in [2.24, 2.45) is 0 Å². The number of carbonyl (C=O) groups excluding carboxylic acids is 2. The first-order chi connectivity index (χ1) is 15.2. The van der Waals surface area contributed by atoms with Crippen LogP contribution in [0.3, 0.4) is 0 Å². The maximum absolute atomic E-state index is 13.4. The normalized spacial score (nSPS) is 22.9. The van der Waals surface area contributed by atoms with Crippen molar-refractivity contribution in [2.75, 3.05) is 59.0 Å². The smallest absolute Gasteiger partial charge is 0.264 e. The summed E-state index contributed by atoms with van der Waals surface area (Å²) in [6.07, 6.45) is 4.49. The zero-order valence-electron chi connectivity index (χ0n) is 18.1. The van der Waals surface area contributed by atoms with Crippen molar-refractivity contribution in [3.63, 3.8) is 0 Å². The van der Waals surface area contributed by atoms with Crippen molar-refractivity contribution in [1.82, 2.24) is 14.7 Å². The van der Waals surface area contributed by atoms with Gasteiger partial charge < -0.3 is 14.5 Å². The van der Waals surface area contributed by atoms with Gasteiger partial charge in [-0.1, -0.05) is 18.2 Å². The van der Waals surface area contributed by atoms with Crippen LogP contribution < -0.4 is 0 Å². The van der Waals surface area contributed by atoms with Crippen molar-refractivity contribution >= 4 is 33.2 Å². The first-order valence-corrected chi connectivity index (χ1v) is 12.4. The van der Waals surface area contributed by atoms with E-state index in [1.165, 1.54) is 22.1 Å². The third-order valence-electron chi connectivity index (χ3n) is 6.87. The fourth-order valence-corrected chi connectivity index (χ4v) is 6.44. The standard InChI is InChI=1S/C24H31N3O3S/c28-21(26-9-4-1-5-10-26)17-25-11-8-18(16-25)22-19-6-2-3-7-20(19)31-23(22)24(29)27-12-14-30-15-13-27/h2-3,6-7,18H,1,4-5,8-17H2/t18-/m0/s1. The highest BCUT2D eigenvalue weighted by Crippen LogP contribution is 2.40. The molecule has 0 radical (unpaired) electrons. The third-order valence-corrected chi connectivity index (χ3v) is 8.05. The average Bonchev–Trinajstić information content (AvgIpc) is 3.44. The summed E-state index contributed by atoms with van der Waals surface area (Å²) in [7, 11) is 0. The lowest BCUT2D eigenvalue weighted by molar-refractivity contribution is -0.133. The number of thiophene rings is 1. The molecule has 0 aliphatic carbocycles. The summed E-state index contributed by atoms with van der Waals surface area (Å²) in [5.41, 5.74) is 1.20. The number of likely N-dealkylation sites (tertiary alicyclic amines) is 2. The molecule has 4 heterocycles. The van der Waals surface area contributed by atoms with E-state index in [4.69, 9.17) is 4.74 Å². The Kier molecular flexibility index (Phi) is 6.25. The number of hydrogen-bond acceptors (Lipinski definition) is 5. The molecule has 3 fully saturated rings. The van der Waals surface area contributed by atoms with Gasteiger partial charge in [-0.05, 0) is 49.2 Å². The molecule has 0 bridgehead atoms. The lowest BCUT2D eigenvalue weighted by atomic mass is 9.94. The van der Waals surface area contributed by atoms with Gasteiger partial charge in [-0.3, -0.25) is 14.5 Å². The van der Waals surface area contributed by atoms with Gasteiger partial charge in [0.15, 0.2) is 0 Å². The van der Waals surface area contributed by atoms with Gasteiger partial charge >= 0.3 is 0 Å². The van der Waals surface area contributed by atoms with Crippen LogP contribution in [0.5, 0.6) is 0 Å². The van der Waals surface area contributed by atoms with Crippen LogP contribution in [0.4, 0.5) is 0 Å². The Morgan fingerprint density at radius 3 is 2.55 bits per heavy atom. The van der Waals surface area contributed by atoms with Crippen LogP contribution in [0, 0.1) is 0 Å². The highest BCUT2D eigenvalue weighted by molar-refractivity contribution is 7.21. The molecule has 2 aromatic rings. The Morgan fingerprint density at radius 2 is 1.74 bits per heavy atom. The van der Waals surface area contributed by atoms with Crippen molar-refractivity contribution in [3.05, 3.63) is 34.7 Å². The van der Waals surface area contributed by atoms with Gasteiger partial charge in [0.2, 0.25) is 5.91 Å². The molecular formula is C24H31N3O3S. The van der Waals surface area contributed by atoms with Crippen LogP contribution in [0.1, 0.15) is 46.8 Å². The number of ether oxygens (including phenoxy) is 1. The maximum Gasteiger partial charge on any atom is 0.264 e. The van der Waals surface area contributed by atoms with Gasteiger partial charge in [-0.25, -0.2) is 0 Å². The van der Waals surface area contributed by atoms with Crippen LogP contribution >= 0.6 is 11.3 Å². The van der Waals surface area contributed by atoms with Crippen LogP contribution in [-0.2, 0) is 9.53 Å². The van der Waals surface area contributed by atoms with Gasteiger partial charge in [-0.2, -0.15) is 0 Å². The highest BCUT2D eigenvalue weighted by Gasteiger charge is 2.33. The zero-order valence-corrected chi connectivity index (χ0v) is 18.9. The Balaban J connectivity index is 1.35. The summed E-state index contributed by atoms with van der Waals surface area (Å²) in [6, 6.07) is 8.38. The molecule has 1 aromatic heterocycles. The number of piperidine rings is 1. The molecule has 7 heteroatoms. The van der Waals surface area contributed by atoms with Crippen LogP contribution in [0.2, 0.25) is 0 Å². The topological polar surface area (TPSA) is 53.1 Å². The van der Waals surface area contributed by atoms with Gasteiger partial charge in [0.1, 0.15) is 0 Å². The summed E-state index contributed by atoms with van der Waals surface area (Å²) in [6.45, 7) is 6.63. The Bertz CT molecular complexity index is 947. The van der Waals surface area contributed by atoms with Crippen molar-refractivity contribution in [1.29, 1.82) is 0 Å². The second-order valence-corrected chi connectivity index (χ2v) is 9.96. The van der Waals surface area contributed by atoms with E-state index in [-0.39, 0.29) is 11.8 Å². The minimum Gasteiger partial charge on any atom is -0.378 e. The molecule has 0 spiro atoms. The molecule has 0 unspecified atom stereocenters. The minimum atomic E-state index is 0.141. The molecular weight excluding hydrogens is 410 g/mol. The molecule has 3 aliphatic rings. The van der Waals surface area contributed by atoms with Crippen LogP contribution in [-0.4, -0.2) is 85.5 Å². The third kappa shape index (κ3) is 4.36. The molecule has 5 rings (SSSR count). The molecule has 166 valence electrons. The SMILES string of the molecule is O=C(CN1CC[C@H](c2c(C(=O)N3CCOCC3)sc3ccccc23)C1)N1CCCCC1. The van der Waals surface area contributed by atoms with E-state index in [1.54, 1.807) is 11.3 Å².